The maximum Gasteiger partial charge on any atom is 0.364 e. The summed E-state index contributed by atoms with van der Waals surface area (Å²) in [5.74, 6) is -2.50. The standard InChI is InChI=1S/C30H44ClN3O10/c1-4-13-42-14-7-5-6-8-15-43-30(29(40)41)17-22(35)26(33-25(38)19-34(2)3)28(44-30)27(39)23(36)18-32-24(37)16-20-9-11-21(31)12-10-20/h1,9-12,22-23,26-28,35-36,39H,5-8,13-19H2,2-3H3,(H,32,37)(H,33,38)(H,40,41)/t22-,23+,26+,27+,28+,30+/m0/s1. The summed E-state index contributed by atoms with van der Waals surface area (Å²) in [5, 5.41) is 48.6. The summed E-state index contributed by atoms with van der Waals surface area (Å²) < 4.78 is 16.7. The third kappa shape index (κ3) is 12.3. The Balaban J connectivity index is 2.10. The van der Waals surface area contributed by atoms with E-state index in [0.29, 0.717) is 30.0 Å². The van der Waals surface area contributed by atoms with Crippen LogP contribution < -0.4 is 10.6 Å². The first-order valence-electron chi connectivity index (χ1n) is 14.4. The lowest BCUT2D eigenvalue weighted by atomic mass is 9.88. The van der Waals surface area contributed by atoms with Crippen LogP contribution in [0.25, 0.3) is 0 Å². The van der Waals surface area contributed by atoms with E-state index in [0.717, 1.165) is 12.8 Å². The van der Waals surface area contributed by atoms with Gasteiger partial charge in [-0.3, -0.25) is 9.59 Å². The van der Waals surface area contributed by atoms with Crippen LogP contribution in [0.4, 0.5) is 0 Å². The van der Waals surface area contributed by atoms with Crippen molar-refractivity contribution in [2.75, 3.05) is 47.0 Å². The normalized spacial score (nSPS) is 23.0. The third-order valence-electron chi connectivity index (χ3n) is 6.91. The number of carboxylic acid groups (broad SMARTS) is 1. The number of hydrogen-bond donors (Lipinski definition) is 6. The number of nitrogens with one attached hydrogen (secondary N) is 2. The van der Waals surface area contributed by atoms with E-state index in [1.807, 2.05) is 0 Å². The molecule has 0 saturated carbocycles. The lowest BCUT2D eigenvalue weighted by molar-refractivity contribution is -0.310. The van der Waals surface area contributed by atoms with E-state index in [2.05, 4.69) is 16.6 Å². The molecule has 1 aromatic rings. The van der Waals surface area contributed by atoms with Crippen molar-refractivity contribution in [3.05, 3.63) is 34.9 Å². The highest BCUT2D eigenvalue weighted by molar-refractivity contribution is 6.30. The average Bonchev–Trinajstić information content (AvgIpc) is 2.96. The van der Waals surface area contributed by atoms with Gasteiger partial charge in [0.1, 0.15) is 18.8 Å². The van der Waals surface area contributed by atoms with E-state index in [1.54, 1.807) is 43.3 Å². The number of carbonyl (C=O) groups is 3. The third-order valence-corrected chi connectivity index (χ3v) is 7.16. The number of amides is 2. The average molecular weight is 642 g/mol. The molecule has 6 atom stereocenters. The highest BCUT2D eigenvalue weighted by atomic mass is 35.5. The van der Waals surface area contributed by atoms with Crippen LogP contribution in [0.15, 0.2) is 24.3 Å². The molecule has 2 rings (SSSR count). The van der Waals surface area contributed by atoms with E-state index in [-0.39, 0.29) is 26.2 Å². The van der Waals surface area contributed by atoms with Gasteiger partial charge in [0.25, 0.3) is 5.79 Å². The minimum atomic E-state index is -2.36. The number of carbonyl (C=O) groups excluding carboxylic acids is 2. The maximum absolute atomic E-state index is 12.6. The van der Waals surface area contributed by atoms with Crippen molar-refractivity contribution in [2.24, 2.45) is 0 Å². The van der Waals surface area contributed by atoms with Gasteiger partial charge in [0.05, 0.1) is 37.8 Å². The summed E-state index contributed by atoms with van der Waals surface area (Å²) >= 11 is 5.87. The fraction of sp³-hybridized carbons (Fsp3) is 0.633. The van der Waals surface area contributed by atoms with Gasteiger partial charge in [0.2, 0.25) is 11.8 Å². The van der Waals surface area contributed by atoms with E-state index in [9.17, 15) is 34.8 Å². The number of ether oxygens (including phenoxy) is 3. The summed E-state index contributed by atoms with van der Waals surface area (Å²) in [6.45, 7) is 0.216. The van der Waals surface area contributed by atoms with Crippen molar-refractivity contribution in [2.45, 2.75) is 74.8 Å². The molecule has 0 radical (unpaired) electrons. The van der Waals surface area contributed by atoms with Crippen LogP contribution in [-0.2, 0) is 35.0 Å². The molecule has 1 saturated heterocycles. The van der Waals surface area contributed by atoms with Gasteiger partial charge in [-0.2, -0.15) is 0 Å². The van der Waals surface area contributed by atoms with Crippen LogP contribution in [0.5, 0.6) is 0 Å². The minimum absolute atomic E-state index is 0.0181. The van der Waals surface area contributed by atoms with Crippen molar-refractivity contribution in [1.82, 2.24) is 15.5 Å². The molecular weight excluding hydrogens is 598 g/mol. The van der Waals surface area contributed by atoms with Gasteiger partial charge >= 0.3 is 5.97 Å². The zero-order chi connectivity index (χ0) is 32.7. The van der Waals surface area contributed by atoms with Crippen molar-refractivity contribution in [1.29, 1.82) is 0 Å². The molecule has 14 heteroatoms. The monoisotopic (exact) mass is 641 g/mol. The number of halogens is 1. The Morgan fingerprint density at radius 3 is 2.41 bits per heavy atom. The molecule has 44 heavy (non-hydrogen) atoms. The van der Waals surface area contributed by atoms with Crippen molar-refractivity contribution in [3.63, 3.8) is 0 Å². The smallest absolute Gasteiger partial charge is 0.364 e. The number of benzene rings is 1. The Hall–Kier alpha value is -2.80. The van der Waals surface area contributed by atoms with E-state index < -0.39 is 67.0 Å². The number of aliphatic hydroxyl groups is 3. The molecule has 1 heterocycles. The minimum Gasteiger partial charge on any atom is -0.477 e. The maximum atomic E-state index is 12.6. The Morgan fingerprint density at radius 1 is 1.14 bits per heavy atom. The quantitative estimate of drug-likeness (QED) is 0.0876. The lowest BCUT2D eigenvalue weighted by Gasteiger charge is -2.46. The molecule has 0 aliphatic carbocycles. The van der Waals surface area contributed by atoms with Crippen LogP contribution in [0, 0.1) is 12.3 Å². The van der Waals surface area contributed by atoms with Gasteiger partial charge in [0, 0.05) is 24.6 Å². The number of unbranched alkanes of at least 4 members (excludes halogenated alkanes) is 3. The zero-order valence-corrected chi connectivity index (χ0v) is 25.9. The van der Waals surface area contributed by atoms with Gasteiger partial charge in [0.15, 0.2) is 0 Å². The Morgan fingerprint density at radius 2 is 1.80 bits per heavy atom. The second kappa shape index (κ2) is 18.9. The first kappa shape index (κ1) is 37.4. The number of aliphatic carboxylic acids is 1. The van der Waals surface area contributed by atoms with Gasteiger partial charge in [-0.1, -0.05) is 42.5 Å². The molecular formula is C30H44ClN3O10. The molecule has 1 aliphatic rings. The molecule has 246 valence electrons. The fourth-order valence-corrected chi connectivity index (χ4v) is 4.80. The molecule has 1 fully saturated rings. The topological polar surface area (TPSA) is 187 Å². The van der Waals surface area contributed by atoms with E-state index in [1.165, 1.54) is 0 Å². The van der Waals surface area contributed by atoms with Crippen molar-refractivity contribution >= 4 is 29.4 Å². The largest absolute Gasteiger partial charge is 0.477 e. The van der Waals surface area contributed by atoms with Gasteiger partial charge in [-0.25, -0.2) is 4.79 Å². The highest BCUT2D eigenvalue weighted by Crippen LogP contribution is 2.34. The number of hydrogen-bond acceptors (Lipinski definition) is 10. The molecule has 1 aliphatic heterocycles. The number of likely N-dealkylation sites (N-methyl/N-ethyl adjacent to an activating group) is 1. The molecule has 0 unspecified atom stereocenters. The summed E-state index contributed by atoms with van der Waals surface area (Å²) in [4.78, 5) is 39.0. The number of carboxylic acids is 1. The summed E-state index contributed by atoms with van der Waals surface area (Å²) in [7, 11) is 3.31. The fourth-order valence-electron chi connectivity index (χ4n) is 4.67. The summed E-state index contributed by atoms with van der Waals surface area (Å²) in [6, 6.07) is 5.32. The second-order valence-electron chi connectivity index (χ2n) is 10.9. The number of nitrogens with zero attached hydrogens (tertiary/aromatic N) is 1. The molecule has 6 N–H and O–H groups in total. The van der Waals surface area contributed by atoms with Crippen LogP contribution in [0.1, 0.15) is 37.7 Å². The number of terminal acetylenes is 1. The predicted molar refractivity (Wildman–Crippen MR) is 161 cm³/mol. The van der Waals surface area contributed by atoms with E-state index >= 15 is 0 Å². The first-order chi connectivity index (χ1) is 20.9. The molecule has 2 amide bonds. The van der Waals surface area contributed by atoms with Crippen molar-refractivity contribution in [3.8, 4) is 12.3 Å². The second-order valence-corrected chi connectivity index (χ2v) is 11.4. The molecule has 0 spiro atoms. The molecule has 1 aromatic carbocycles. The Bertz CT molecular complexity index is 1100. The van der Waals surface area contributed by atoms with E-state index in [4.69, 9.17) is 32.2 Å². The van der Waals surface area contributed by atoms with Crippen LogP contribution in [-0.4, -0.2) is 126 Å². The molecule has 0 bridgehead atoms. The van der Waals surface area contributed by atoms with Crippen LogP contribution >= 0.6 is 11.6 Å². The summed E-state index contributed by atoms with van der Waals surface area (Å²) in [6.07, 6.45) is 0.659. The van der Waals surface area contributed by atoms with Gasteiger partial charge in [-0.05, 0) is 44.6 Å². The Kier molecular flexibility index (Phi) is 16.0. The van der Waals surface area contributed by atoms with Gasteiger partial charge < -0.3 is 50.2 Å². The van der Waals surface area contributed by atoms with Gasteiger partial charge in [-0.15, -0.1) is 6.42 Å². The predicted octanol–water partition coefficient (Wildman–Crippen LogP) is -0.0756. The lowest BCUT2D eigenvalue weighted by Crippen LogP contribution is -2.68. The SMILES string of the molecule is C#CCOCCCCCCO[C@]1(C(=O)O)C[C@H](O)[C@@H](NC(=O)CN(C)C)[C@H]([C@H](O)[C@H](O)CNC(=O)Cc2ccc(Cl)cc2)O1. The van der Waals surface area contributed by atoms with Crippen LogP contribution in [0.3, 0.4) is 0 Å². The zero-order valence-electron chi connectivity index (χ0n) is 25.1. The first-order valence-corrected chi connectivity index (χ1v) is 14.8. The molecule has 13 nitrogen and oxygen atoms in total. The summed E-state index contributed by atoms with van der Waals surface area (Å²) in [5.41, 5.74) is 0.671. The molecule has 0 aromatic heterocycles. The van der Waals surface area contributed by atoms with Crippen LogP contribution in [0.2, 0.25) is 5.02 Å². The number of aliphatic hydroxyl groups excluding tert-OH is 3. The van der Waals surface area contributed by atoms with Crippen molar-refractivity contribution < 1.29 is 49.0 Å². The number of rotatable bonds is 19. The Labute approximate surface area is 262 Å². The highest BCUT2D eigenvalue weighted by Gasteiger charge is 2.55.